The molecule has 0 aromatic heterocycles. The van der Waals surface area contributed by atoms with Gasteiger partial charge in [0.15, 0.2) is 0 Å². The van der Waals surface area contributed by atoms with E-state index in [1.807, 2.05) is 11.8 Å². The van der Waals surface area contributed by atoms with Gasteiger partial charge in [0.2, 0.25) is 0 Å². The summed E-state index contributed by atoms with van der Waals surface area (Å²) in [6, 6.07) is 9.04. The van der Waals surface area contributed by atoms with Crippen molar-refractivity contribution in [2.45, 2.75) is 25.5 Å². The molecule has 1 atom stereocenters. The molecule has 2 nitrogen and oxygen atoms in total. The van der Waals surface area contributed by atoms with Crippen LogP contribution in [0.2, 0.25) is 0 Å². The molecule has 1 aromatic rings. The zero-order valence-corrected chi connectivity index (χ0v) is 10.6. The Morgan fingerprint density at radius 2 is 2.31 bits per heavy atom. The van der Waals surface area contributed by atoms with Gasteiger partial charge in [0, 0.05) is 30.2 Å². The third kappa shape index (κ3) is 3.16. The molecule has 1 heterocycles. The minimum absolute atomic E-state index is 0.622. The van der Waals surface area contributed by atoms with E-state index in [1.165, 1.54) is 35.6 Å². The third-order valence-electron chi connectivity index (χ3n) is 2.84. The van der Waals surface area contributed by atoms with Crippen LogP contribution in [0.4, 0.5) is 5.69 Å². The maximum atomic E-state index is 5.21. The number of hydrogen-bond donors (Lipinski definition) is 1. The molecule has 88 valence electrons. The second kappa shape index (κ2) is 6.16. The lowest BCUT2D eigenvalue weighted by Crippen LogP contribution is -2.26. The Labute approximate surface area is 102 Å². The summed E-state index contributed by atoms with van der Waals surface area (Å²) in [5.41, 5.74) is 2.48. The summed E-state index contributed by atoms with van der Waals surface area (Å²) in [7, 11) is 1.74. The average Bonchev–Trinajstić information content (AvgIpc) is 2.33. The van der Waals surface area contributed by atoms with Crippen LogP contribution in [0, 0.1) is 0 Å². The third-order valence-corrected chi connectivity index (χ3v) is 4.05. The predicted molar refractivity (Wildman–Crippen MR) is 71.1 cm³/mol. The second-order valence-electron chi connectivity index (χ2n) is 4.15. The highest BCUT2D eigenvalue weighted by atomic mass is 32.2. The van der Waals surface area contributed by atoms with Crippen molar-refractivity contribution in [3.63, 3.8) is 0 Å². The highest BCUT2D eigenvalue weighted by Crippen LogP contribution is 2.23. The van der Waals surface area contributed by atoms with Gasteiger partial charge in [-0.3, -0.25) is 0 Å². The molecule has 1 saturated heterocycles. The lowest BCUT2D eigenvalue weighted by atomic mass is 10.1. The van der Waals surface area contributed by atoms with Crippen molar-refractivity contribution in [2.24, 2.45) is 0 Å². The van der Waals surface area contributed by atoms with Gasteiger partial charge in [0.05, 0.1) is 6.61 Å². The van der Waals surface area contributed by atoms with Gasteiger partial charge in [0.25, 0.3) is 0 Å². The fraction of sp³-hybridized carbons (Fsp3) is 0.538. The zero-order valence-electron chi connectivity index (χ0n) is 9.74. The van der Waals surface area contributed by atoms with Gasteiger partial charge in [-0.2, -0.15) is 11.8 Å². The van der Waals surface area contributed by atoms with Crippen LogP contribution in [0.15, 0.2) is 24.3 Å². The van der Waals surface area contributed by atoms with Crippen molar-refractivity contribution in [3.05, 3.63) is 29.8 Å². The number of anilines is 1. The van der Waals surface area contributed by atoms with E-state index >= 15 is 0 Å². The van der Waals surface area contributed by atoms with Gasteiger partial charge >= 0.3 is 0 Å². The van der Waals surface area contributed by atoms with Crippen molar-refractivity contribution in [3.8, 4) is 0 Å². The first-order valence-electron chi connectivity index (χ1n) is 5.81. The molecule has 0 bridgehead atoms. The molecule has 0 saturated carbocycles. The van der Waals surface area contributed by atoms with Gasteiger partial charge in [-0.1, -0.05) is 18.2 Å². The molecule has 1 aromatic carbocycles. The molecule has 2 rings (SSSR count). The van der Waals surface area contributed by atoms with Crippen LogP contribution in [0.5, 0.6) is 0 Å². The fourth-order valence-electron chi connectivity index (χ4n) is 2.02. The maximum absolute atomic E-state index is 5.21. The topological polar surface area (TPSA) is 21.3 Å². The van der Waals surface area contributed by atoms with Crippen LogP contribution >= 0.6 is 11.8 Å². The van der Waals surface area contributed by atoms with E-state index in [4.69, 9.17) is 4.74 Å². The van der Waals surface area contributed by atoms with Crippen LogP contribution < -0.4 is 5.32 Å². The summed E-state index contributed by atoms with van der Waals surface area (Å²) in [6.45, 7) is 0.684. The van der Waals surface area contributed by atoms with Crippen LogP contribution in [0.1, 0.15) is 18.4 Å². The molecule has 1 unspecified atom stereocenters. The van der Waals surface area contributed by atoms with Crippen molar-refractivity contribution in [1.29, 1.82) is 0 Å². The summed E-state index contributed by atoms with van der Waals surface area (Å²) in [5, 5.41) is 3.63. The zero-order chi connectivity index (χ0) is 11.2. The Morgan fingerprint density at radius 1 is 1.44 bits per heavy atom. The summed E-state index contributed by atoms with van der Waals surface area (Å²) in [5.74, 6) is 2.54. The molecule has 0 amide bonds. The first-order valence-corrected chi connectivity index (χ1v) is 6.97. The average molecular weight is 237 g/mol. The summed E-state index contributed by atoms with van der Waals surface area (Å²) in [4.78, 5) is 0. The van der Waals surface area contributed by atoms with Crippen molar-refractivity contribution < 1.29 is 4.74 Å². The van der Waals surface area contributed by atoms with E-state index in [0.717, 1.165) is 0 Å². The smallest absolute Gasteiger partial charge is 0.0733 e. The number of nitrogens with one attached hydrogen (secondary N) is 1. The molecule has 1 aliphatic heterocycles. The standard InChI is InChI=1S/C13H19NOS/c1-15-9-11-5-2-3-7-13(11)14-12-6-4-8-16-10-12/h2-3,5,7,12,14H,4,6,8-10H2,1H3. The SMILES string of the molecule is COCc1ccccc1NC1CCCSC1. The lowest BCUT2D eigenvalue weighted by molar-refractivity contribution is 0.185. The molecule has 0 radical (unpaired) electrons. The van der Waals surface area contributed by atoms with Crippen molar-refractivity contribution >= 4 is 17.4 Å². The Bertz CT molecular complexity index is 323. The van der Waals surface area contributed by atoms with E-state index in [9.17, 15) is 0 Å². The first-order chi connectivity index (χ1) is 7.90. The largest absolute Gasteiger partial charge is 0.381 e. The number of hydrogen-bond acceptors (Lipinski definition) is 3. The highest BCUT2D eigenvalue weighted by Gasteiger charge is 2.14. The van der Waals surface area contributed by atoms with Crippen LogP contribution in [0.3, 0.4) is 0 Å². The van der Waals surface area contributed by atoms with Gasteiger partial charge in [-0.15, -0.1) is 0 Å². The van der Waals surface area contributed by atoms with E-state index in [2.05, 4.69) is 29.6 Å². The van der Waals surface area contributed by atoms with Crippen LogP contribution in [0.25, 0.3) is 0 Å². The molecule has 1 fully saturated rings. The number of methoxy groups -OCH3 is 1. The summed E-state index contributed by atoms with van der Waals surface area (Å²) < 4.78 is 5.21. The Morgan fingerprint density at radius 3 is 3.06 bits per heavy atom. The van der Waals surface area contributed by atoms with Crippen LogP contribution in [-0.4, -0.2) is 24.7 Å². The van der Waals surface area contributed by atoms with Gasteiger partial charge in [0.1, 0.15) is 0 Å². The first kappa shape index (κ1) is 11.8. The molecular formula is C13H19NOS. The van der Waals surface area contributed by atoms with Gasteiger partial charge in [-0.25, -0.2) is 0 Å². The summed E-state index contributed by atoms with van der Waals surface area (Å²) in [6.07, 6.45) is 2.61. The monoisotopic (exact) mass is 237 g/mol. The Hall–Kier alpha value is -0.670. The minimum Gasteiger partial charge on any atom is -0.381 e. The molecular weight excluding hydrogens is 218 g/mol. The number of para-hydroxylation sites is 1. The normalized spacial score (nSPS) is 20.7. The Kier molecular flexibility index (Phi) is 4.55. The van der Waals surface area contributed by atoms with E-state index in [0.29, 0.717) is 12.6 Å². The molecule has 3 heteroatoms. The number of rotatable bonds is 4. The predicted octanol–water partition coefficient (Wildman–Crippen LogP) is 3.14. The fourth-order valence-corrected chi connectivity index (χ4v) is 3.09. The maximum Gasteiger partial charge on any atom is 0.0733 e. The highest BCUT2D eigenvalue weighted by molar-refractivity contribution is 7.99. The van der Waals surface area contributed by atoms with E-state index in [1.54, 1.807) is 7.11 Å². The van der Waals surface area contributed by atoms with Crippen molar-refractivity contribution in [1.82, 2.24) is 0 Å². The number of ether oxygens (including phenoxy) is 1. The molecule has 0 spiro atoms. The van der Waals surface area contributed by atoms with Gasteiger partial charge < -0.3 is 10.1 Å². The number of thioether (sulfide) groups is 1. The lowest BCUT2D eigenvalue weighted by Gasteiger charge is -2.24. The molecule has 1 N–H and O–H groups in total. The molecule has 16 heavy (non-hydrogen) atoms. The van der Waals surface area contributed by atoms with Gasteiger partial charge in [-0.05, 0) is 24.7 Å². The van der Waals surface area contributed by atoms with Crippen LogP contribution in [-0.2, 0) is 11.3 Å². The van der Waals surface area contributed by atoms with Crippen molar-refractivity contribution in [2.75, 3.05) is 23.9 Å². The molecule has 0 aliphatic carbocycles. The summed E-state index contributed by atoms with van der Waals surface area (Å²) >= 11 is 2.05. The molecule has 1 aliphatic rings. The quantitative estimate of drug-likeness (QED) is 0.869. The van der Waals surface area contributed by atoms with E-state index < -0.39 is 0 Å². The minimum atomic E-state index is 0.622. The Balaban J connectivity index is 2.01. The number of benzene rings is 1. The second-order valence-corrected chi connectivity index (χ2v) is 5.30. The van der Waals surface area contributed by atoms with E-state index in [-0.39, 0.29) is 0 Å².